The Hall–Kier alpha value is -2.62. The van der Waals surface area contributed by atoms with E-state index in [9.17, 15) is 9.59 Å². The highest BCUT2D eigenvalue weighted by Gasteiger charge is 2.31. The highest BCUT2D eigenvalue weighted by Crippen LogP contribution is 2.28. The molecule has 1 unspecified atom stereocenters. The standard InChI is InChI=1S/C21H24N2O2/c1-15(2)22-21(25)19-11-7-6-8-17(19)12-16-13-20(24)23(14-16)18-9-4-3-5-10-18/h3-11,15-16H,12-14H2,1-2H3,(H,22,25). The number of carbonyl (C=O) groups excluding carboxylic acids is 2. The normalized spacial score (nSPS) is 17.2. The van der Waals surface area contributed by atoms with Gasteiger partial charge in [0.2, 0.25) is 5.91 Å². The van der Waals surface area contributed by atoms with Gasteiger partial charge in [0.05, 0.1) is 0 Å². The zero-order chi connectivity index (χ0) is 17.8. The van der Waals surface area contributed by atoms with Crippen molar-refractivity contribution in [3.8, 4) is 0 Å². The second-order valence-electron chi connectivity index (χ2n) is 6.90. The zero-order valence-electron chi connectivity index (χ0n) is 14.7. The molecule has 3 rings (SSSR count). The maximum atomic E-state index is 12.4. The number of hydrogen-bond donors (Lipinski definition) is 1. The summed E-state index contributed by atoms with van der Waals surface area (Å²) >= 11 is 0. The van der Waals surface area contributed by atoms with Crippen molar-refractivity contribution in [3.63, 3.8) is 0 Å². The van der Waals surface area contributed by atoms with E-state index in [1.807, 2.05) is 73.3 Å². The minimum Gasteiger partial charge on any atom is -0.350 e. The molecule has 1 fully saturated rings. The maximum Gasteiger partial charge on any atom is 0.251 e. The molecule has 2 aromatic carbocycles. The van der Waals surface area contributed by atoms with Crippen LogP contribution in [-0.2, 0) is 11.2 Å². The van der Waals surface area contributed by atoms with Crippen molar-refractivity contribution in [2.45, 2.75) is 32.7 Å². The first-order chi connectivity index (χ1) is 12.0. The molecule has 0 radical (unpaired) electrons. The molecule has 1 N–H and O–H groups in total. The van der Waals surface area contributed by atoms with Crippen LogP contribution in [0.3, 0.4) is 0 Å². The molecule has 0 saturated carbocycles. The molecular weight excluding hydrogens is 312 g/mol. The van der Waals surface area contributed by atoms with Crippen LogP contribution in [0.15, 0.2) is 54.6 Å². The van der Waals surface area contributed by atoms with Crippen LogP contribution in [-0.4, -0.2) is 24.4 Å². The third-order valence-electron chi connectivity index (χ3n) is 4.46. The van der Waals surface area contributed by atoms with Crippen molar-refractivity contribution in [2.24, 2.45) is 5.92 Å². The monoisotopic (exact) mass is 336 g/mol. The van der Waals surface area contributed by atoms with E-state index in [-0.39, 0.29) is 23.8 Å². The number of rotatable bonds is 5. The largest absolute Gasteiger partial charge is 0.350 e. The predicted molar refractivity (Wildman–Crippen MR) is 99.7 cm³/mol. The van der Waals surface area contributed by atoms with Gasteiger partial charge in [0.1, 0.15) is 0 Å². The second-order valence-corrected chi connectivity index (χ2v) is 6.90. The molecule has 1 aliphatic heterocycles. The average molecular weight is 336 g/mol. The molecule has 0 aromatic heterocycles. The van der Waals surface area contributed by atoms with Crippen LogP contribution in [0.25, 0.3) is 0 Å². The molecule has 1 saturated heterocycles. The van der Waals surface area contributed by atoms with Crippen molar-refractivity contribution in [1.29, 1.82) is 0 Å². The van der Waals surface area contributed by atoms with Gasteiger partial charge >= 0.3 is 0 Å². The first kappa shape index (κ1) is 17.2. The summed E-state index contributed by atoms with van der Waals surface area (Å²) in [6, 6.07) is 17.6. The van der Waals surface area contributed by atoms with Gasteiger partial charge in [-0.2, -0.15) is 0 Å². The summed E-state index contributed by atoms with van der Waals surface area (Å²) in [6.45, 7) is 4.60. The molecule has 0 bridgehead atoms. The topological polar surface area (TPSA) is 49.4 Å². The van der Waals surface area contributed by atoms with Crippen LogP contribution >= 0.6 is 0 Å². The summed E-state index contributed by atoms with van der Waals surface area (Å²) in [5.41, 5.74) is 2.66. The lowest BCUT2D eigenvalue weighted by atomic mass is 9.94. The van der Waals surface area contributed by atoms with E-state index >= 15 is 0 Å². The molecule has 4 heteroatoms. The predicted octanol–water partition coefficient (Wildman–Crippen LogP) is 3.42. The maximum absolute atomic E-state index is 12.4. The lowest BCUT2D eigenvalue weighted by Crippen LogP contribution is -2.31. The number of benzene rings is 2. The molecule has 4 nitrogen and oxygen atoms in total. The number of amides is 2. The summed E-state index contributed by atoms with van der Waals surface area (Å²) in [5, 5.41) is 2.95. The van der Waals surface area contributed by atoms with Gasteiger partial charge in [0.15, 0.2) is 0 Å². The Kier molecular flexibility index (Phi) is 5.17. The fourth-order valence-electron chi connectivity index (χ4n) is 3.35. The van der Waals surface area contributed by atoms with Gasteiger partial charge in [-0.3, -0.25) is 9.59 Å². The molecule has 0 aliphatic carbocycles. The van der Waals surface area contributed by atoms with Crippen LogP contribution in [0.5, 0.6) is 0 Å². The summed E-state index contributed by atoms with van der Waals surface area (Å²) in [7, 11) is 0. The Labute approximate surface area is 148 Å². The van der Waals surface area contributed by atoms with E-state index in [1.54, 1.807) is 0 Å². The fraction of sp³-hybridized carbons (Fsp3) is 0.333. The van der Waals surface area contributed by atoms with Gasteiger partial charge in [0, 0.05) is 30.3 Å². The smallest absolute Gasteiger partial charge is 0.251 e. The lowest BCUT2D eigenvalue weighted by molar-refractivity contribution is -0.117. The highest BCUT2D eigenvalue weighted by molar-refractivity contribution is 5.97. The third-order valence-corrected chi connectivity index (χ3v) is 4.46. The van der Waals surface area contributed by atoms with E-state index in [4.69, 9.17) is 0 Å². The van der Waals surface area contributed by atoms with E-state index in [0.29, 0.717) is 18.5 Å². The number of hydrogen-bond acceptors (Lipinski definition) is 2. The minimum atomic E-state index is -0.0464. The quantitative estimate of drug-likeness (QED) is 0.909. The fourth-order valence-corrected chi connectivity index (χ4v) is 3.35. The Morgan fingerprint density at radius 3 is 2.52 bits per heavy atom. The van der Waals surface area contributed by atoms with E-state index in [2.05, 4.69) is 5.32 Å². The molecule has 0 spiro atoms. The molecule has 1 aliphatic rings. The molecule has 1 atom stereocenters. The number of anilines is 1. The van der Waals surface area contributed by atoms with Crippen LogP contribution in [0, 0.1) is 5.92 Å². The van der Waals surface area contributed by atoms with Crippen LogP contribution in [0.1, 0.15) is 36.2 Å². The number of carbonyl (C=O) groups is 2. The lowest BCUT2D eigenvalue weighted by Gasteiger charge is -2.17. The molecule has 25 heavy (non-hydrogen) atoms. The third kappa shape index (κ3) is 4.08. The molecule has 130 valence electrons. The van der Waals surface area contributed by atoms with E-state index < -0.39 is 0 Å². The molecule has 2 aromatic rings. The Bertz CT molecular complexity index is 756. The number of nitrogens with zero attached hydrogens (tertiary/aromatic N) is 1. The van der Waals surface area contributed by atoms with Gasteiger partial charge in [0.25, 0.3) is 5.91 Å². The van der Waals surface area contributed by atoms with Crippen molar-refractivity contribution in [1.82, 2.24) is 5.32 Å². The Morgan fingerprint density at radius 1 is 1.12 bits per heavy atom. The molecule has 1 heterocycles. The Morgan fingerprint density at radius 2 is 1.80 bits per heavy atom. The SMILES string of the molecule is CC(C)NC(=O)c1ccccc1CC1CC(=O)N(c2ccccc2)C1. The molecule has 2 amide bonds. The number of para-hydroxylation sites is 1. The number of nitrogens with one attached hydrogen (secondary N) is 1. The first-order valence-electron chi connectivity index (χ1n) is 8.78. The second kappa shape index (κ2) is 7.51. The van der Waals surface area contributed by atoms with Gasteiger partial charge in [-0.1, -0.05) is 36.4 Å². The Balaban J connectivity index is 1.74. The van der Waals surface area contributed by atoms with Gasteiger partial charge in [-0.15, -0.1) is 0 Å². The van der Waals surface area contributed by atoms with Crippen LogP contribution < -0.4 is 10.2 Å². The van der Waals surface area contributed by atoms with E-state index in [0.717, 1.165) is 17.7 Å². The highest BCUT2D eigenvalue weighted by atomic mass is 16.2. The first-order valence-corrected chi connectivity index (χ1v) is 8.78. The summed E-state index contributed by atoms with van der Waals surface area (Å²) in [6.07, 6.45) is 1.26. The zero-order valence-corrected chi connectivity index (χ0v) is 14.7. The van der Waals surface area contributed by atoms with E-state index in [1.165, 1.54) is 0 Å². The van der Waals surface area contributed by atoms with Crippen LogP contribution in [0.4, 0.5) is 5.69 Å². The summed E-state index contributed by atoms with van der Waals surface area (Å²) in [4.78, 5) is 26.6. The van der Waals surface area contributed by atoms with Gasteiger partial charge in [-0.25, -0.2) is 0 Å². The van der Waals surface area contributed by atoms with Crippen molar-refractivity contribution >= 4 is 17.5 Å². The summed E-state index contributed by atoms with van der Waals surface area (Å²) < 4.78 is 0. The van der Waals surface area contributed by atoms with Crippen molar-refractivity contribution < 1.29 is 9.59 Å². The van der Waals surface area contributed by atoms with Crippen molar-refractivity contribution in [2.75, 3.05) is 11.4 Å². The van der Waals surface area contributed by atoms with Gasteiger partial charge < -0.3 is 10.2 Å². The average Bonchev–Trinajstić information content (AvgIpc) is 2.96. The molecular formula is C21H24N2O2. The minimum absolute atomic E-state index is 0.0464. The van der Waals surface area contributed by atoms with Gasteiger partial charge in [-0.05, 0) is 49.9 Å². The summed E-state index contributed by atoms with van der Waals surface area (Å²) in [5.74, 6) is 0.329. The van der Waals surface area contributed by atoms with Crippen LogP contribution in [0.2, 0.25) is 0 Å². The van der Waals surface area contributed by atoms with Crippen molar-refractivity contribution in [3.05, 3.63) is 65.7 Å².